The van der Waals surface area contributed by atoms with Gasteiger partial charge in [-0.25, -0.2) is 0 Å². The topological polar surface area (TPSA) is 12.9 Å². The predicted molar refractivity (Wildman–Crippen MR) is 131 cm³/mol. The van der Waals surface area contributed by atoms with Crippen LogP contribution in [0.5, 0.6) is 0 Å². The first-order chi connectivity index (χ1) is 13.1. The molecule has 0 atom stereocenters. The molecule has 0 aliphatic rings. The van der Waals surface area contributed by atoms with Crippen molar-refractivity contribution in [2.24, 2.45) is 0 Å². The maximum atomic E-state index is 5.10. The zero-order valence-corrected chi connectivity index (χ0v) is 20.9. The third-order valence-corrected chi connectivity index (χ3v) is 11.8. The van der Waals surface area contributed by atoms with Gasteiger partial charge in [0.2, 0.25) is 0 Å². The summed E-state index contributed by atoms with van der Waals surface area (Å²) in [5.74, 6) is 7.42. The first-order valence-corrected chi connectivity index (χ1v) is 20.9. The summed E-state index contributed by atoms with van der Waals surface area (Å²) in [6.45, 7) is 7.30. The Kier molecular flexibility index (Phi) is 4.75. The molecule has 0 radical (unpaired) electrons. The van der Waals surface area contributed by atoms with Gasteiger partial charge in [0.15, 0.2) is 0 Å². The molecule has 0 aliphatic carbocycles. The number of rotatable bonds is 3. The summed E-state index contributed by atoms with van der Waals surface area (Å²) in [5, 5.41) is 5.59. The number of nitrogens with zero attached hydrogens (tertiary/aromatic N) is 1. The zero-order chi connectivity index (χ0) is 20.1. The number of benzene rings is 3. The van der Waals surface area contributed by atoms with E-state index in [2.05, 4.69) is 104 Å². The summed E-state index contributed by atoms with van der Waals surface area (Å²) in [7, 11) is -1.48. The van der Waals surface area contributed by atoms with Gasteiger partial charge in [0, 0.05) is 0 Å². The van der Waals surface area contributed by atoms with Gasteiger partial charge in [-0.15, -0.1) is 0 Å². The Morgan fingerprint density at radius 2 is 1.39 bits per heavy atom. The van der Waals surface area contributed by atoms with Crippen LogP contribution in [0, 0.1) is 0 Å². The van der Waals surface area contributed by atoms with E-state index in [-0.39, 0.29) is 0 Å². The third kappa shape index (κ3) is 3.56. The van der Waals surface area contributed by atoms with Crippen LogP contribution in [-0.4, -0.2) is 26.3 Å². The van der Waals surface area contributed by atoms with Gasteiger partial charge in [-0.2, -0.15) is 0 Å². The van der Waals surface area contributed by atoms with E-state index in [1.165, 1.54) is 26.9 Å². The Hall–Kier alpha value is -1.91. The Balaban J connectivity index is 2.05. The monoisotopic (exact) mass is 445 g/mol. The second-order valence-electron chi connectivity index (χ2n) is 9.82. The minimum atomic E-state index is -2.04. The molecular weight excluding hydrogens is 415 g/mol. The van der Waals surface area contributed by atoms with Gasteiger partial charge in [0.05, 0.1) is 0 Å². The van der Waals surface area contributed by atoms with Crippen LogP contribution in [0.15, 0.2) is 66.7 Å². The summed E-state index contributed by atoms with van der Waals surface area (Å²) in [6, 6.07) is 24.6. The molecule has 0 saturated carbocycles. The molecule has 1 heterocycles. The van der Waals surface area contributed by atoms with E-state index < -0.39 is 21.3 Å². The number of hydrogen-bond donors (Lipinski definition) is 0. The maximum absolute atomic E-state index is 5.10. The SMILES string of the molecule is C[Si](C)(C)c1cc(-c2c[c]([Ge]([CH3])([CH3])[CH3])c3ccccc3n2)cc2ccccc12. The molecule has 3 heteroatoms. The van der Waals surface area contributed by atoms with Crippen molar-refractivity contribution in [1.29, 1.82) is 0 Å². The number of fused-ring (bicyclic) bond motifs is 2. The fourth-order valence-electron chi connectivity index (χ4n) is 4.02. The quantitative estimate of drug-likeness (QED) is 0.346. The molecule has 0 saturated heterocycles. The molecule has 4 rings (SSSR count). The summed E-state index contributed by atoms with van der Waals surface area (Å²) in [6.07, 6.45) is 0. The molecule has 0 unspecified atom stereocenters. The van der Waals surface area contributed by atoms with Crippen LogP contribution in [0.25, 0.3) is 32.9 Å². The minimum absolute atomic E-state index is 1.12. The van der Waals surface area contributed by atoms with Crippen molar-refractivity contribution in [2.45, 2.75) is 36.9 Å². The molecule has 3 aromatic carbocycles. The van der Waals surface area contributed by atoms with Gasteiger partial charge < -0.3 is 0 Å². The summed E-state index contributed by atoms with van der Waals surface area (Å²) in [4.78, 5) is 5.10. The van der Waals surface area contributed by atoms with E-state index in [0.29, 0.717) is 0 Å². The van der Waals surface area contributed by atoms with Gasteiger partial charge in [-0.1, -0.05) is 0 Å². The van der Waals surface area contributed by atoms with Crippen molar-refractivity contribution in [3.05, 3.63) is 66.7 Å². The predicted octanol–water partition coefficient (Wildman–Crippen LogP) is 6.15. The van der Waals surface area contributed by atoms with Crippen molar-refractivity contribution in [3.8, 4) is 11.3 Å². The van der Waals surface area contributed by atoms with Crippen LogP contribution in [0.4, 0.5) is 0 Å². The molecule has 0 aliphatic heterocycles. The van der Waals surface area contributed by atoms with Crippen LogP contribution in [0.3, 0.4) is 0 Å². The summed E-state index contributed by atoms with van der Waals surface area (Å²) < 4.78 is 1.54. The van der Waals surface area contributed by atoms with Gasteiger partial charge in [0.1, 0.15) is 0 Å². The van der Waals surface area contributed by atoms with E-state index in [9.17, 15) is 0 Å². The van der Waals surface area contributed by atoms with Gasteiger partial charge >= 0.3 is 172 Å². The van der Waals surface area contributed by atoms with E-state index in [1.54, 1.807) is 4.40 Å². The zero-order valence-electron chi connectivity index (χ0n) is 17.8. The number of hydrogen-bond acceptors (Lipinski definition) is 1. The molecule has 0 spiro atoms. The van der Waals surface area contributed by atoms with Crippen molar-refractivity contribution in [1.82, 2.24) is 4.98 Å². The number of pyridine rings is 1. The standard InChI is InChI=1S/C25H29GeNSi/c1-26(2,3)22-17-24(27-23-14-10-9-13-21(22)23)19-15-18-11-7-8-12-20(18)25(16-19)28(4,5)6/h7-17H,1-6H3. The molecule has 0 N–H and O–H groups in total. The molecular formula is C25H29GeNSi. The third-order valence-electron chi connectivity index (χ3n) is 5.49. The fraction of sp³-hybridized carbons (Fsp3) is 0.240. The van der Waals surface area contributed by atoms with Crippen molar-refractivity contribution < 1.29 is 0 Å². The van der Waals surface area contributed by atoms with Crippen molar-refractivity contribution >= 4 is 52.6 Å². The van der Waals surface area contributed by atoms with Gasteiger partial charge in [-0.3, -0.25) is 0 Å². The number of aromatic nitrogens is 1. The molecule has 1 aromatic heterocycles. The summed E-state index contributed by atoms with van der Waals surface area (Å²) >= 11 is -2.04. The van der Waals surface area contributed by atoms with Crippen LogP contribution >= 0.6 is 0 Å². The van der Waals surface area contributed by atoms with Crippen LogP contribution in [-0.2, 0) is 0 Å². The first-order valence-electron chi connectivity index (χ1n) is 10.1. The van der Waals surface area contributed by atoms with Crippen LogP contribution < -0.4 is 9.58 Å². The summed E-state index contributed by atoms with van der Waals surface area (Å²) in [5.41, 5.74) is 3.51. The van der Waals surface area contributed by atoms with E-state index in [0.717, 1.165) is 11.2 Å². The van der Waals surface area contributed by atoms with E-state index >= 15 is 0 Å². The molecule has 142 valence electrons. The second kappa shape index (κ2) is 6.85. The second-order valence-corrected chi connectivity index (χ2v) is 25.4. The van der Waals surface area contributed by atoms with Gasteiger partial charge in [0.25, 0.3) is 0 Å². The van der Waals surface area contributed by atoms with Gasteiger partial charge in [-0.05, 0) is 0 Å². The molecule has 1 nitrogen and oxygen atoms in total. The van der Waals surface area contributed by atoms with Crippen LogP contribution in [0.2, 0.25) is 36.9 Å². The Morgan fingerprint density at radius 3 is 2.07 bits per heavy atom. The molecule has 4 aromatic rings. The van der Waals surface area contributed by atoms with E-state index in [4.69, 9.17) is 4.98 Å². The van der Waals surface area contributed by atoms with E-state index in [1.807, 2.05) is 0 Å². The average Bonchev–Trinajstić information content (AvgIpc) is 2.64. The molecule has 28 heavy (non-hydrogen) atoms. The molecule has 0 amide bonds. The Bertz CT molecular complexity index is 1090. The van der Waals surface area contributed by atoms with Crippen molar-refractivity contribution in [2.75, 3.05) is 0 Å². The Labute approximate surface area is 172 Å². The molecule has 0 bridgehead atoms. The number of para-hydroxylation sites is 1. The first kappa shape index (κ1) is 19.4. The fourth-order valence-corrected chi connectivity index (χ4v) is 8.98. The normalized spacial score (nSPS) is 12.6. The molecule has 0 fully saturated rings. The Morgan fingerprint density at radius 1 is 0.750 bits per heavy atom. The van der Waals surface area contributed by atoms with Crippen molar-refractivity contribution in [3.63, 3.8) is 0 Å². The average molecular weight is 444 g/mol. The van der Waals surface area contributed by atoms with Crippen LogP contribution in [0.1, 0.15) is 0 Å².